The number of rotatable bonds is 3. The van der Waals surface area contributed by atoms with E-state index in [4.69, 9.17) is 4.74 Å². The highest BCUT2D eigenvalue weighted by Crippen LogP contribution is 2.66. The van der Waals surface area contributed by atoms with Crippen molar-refractivity contribution >= 4 is 29.2 Å². The van der Waals surface area contributed by atoms with E-state index < -0.39 is 39.0 Å². The summed E-state index contributed by atoms with van der Waals surface area (Å²) in [6, 6.07) is 5.32. The number of non-ortho nitro benzene ring substituents is 1. The van der Waals surface area contributed by atoms with Crippen LogP contribution in [0.2, 0.25) is 0 Å². The number of anilines is 1. The fourth-order valence-electron chi connectivity index (χ4n) is 3.93. The van der Waals surface area contributed by atoms with Crippen molar-refractivity contribution in [3.63, 3.8) is 0 Å². The first-order valence-corrected chi connectivity index (χ1v) is 7.89. The number of esters is 2. The Morgan fingerprint density at radius 1 is 1.12 bits per heavy atom. The second-order valence-electron chi connectivity index (χ2n) is 7.30. The van der Waals surface area contributed by atoms with Gasteiger partial charge in [0.2, 0.25) is 5.91 Å². The van der Waals surface area contributed by atoms with E-state index in [9.17, 15) is 24.5 Å². The van der Waals surface area contributed by atoms with Gasteiger partial charge in [0.25, 0.3) is 5.69 Å². The lowest BCUT2D eigenvalue weighted by molar-refractivity contribution is -0.384. The second kappa shape index (κ2) is 5.11. The molecule has 1 N–H and O–H groups in total. The highest BCUT2D eigenvalue weighted by atomic mass is 16.6. The molecule has 2 fully saturated rings. The van der Waals surface area contributed by atoms with Crippen molar-refractivity contribution in [1.82, 2.24) is 0 Å². The molecule has 1 saturated heterocycles. The van der Waals surface area contributed by atoms with E-state index in [1.165, 1.54) is 24.3 Å². The molecular formula is C17H18N2O6. The minimum atomic E-state index is -1.47. The monoisotopic (exact) mass is 346 g/mol. The number of carbonyl (C=O) groups excluding carboxylic acids is 3. The van der Waals surface area contributed by atoms with Gasteiger partial charge in [0.15, 0.2) is 5.41 Å². The Kier molecular flexibility index (Phi) is 3.49. The van der Waals surface area contributed by atoms with E-state index in [0.29, 0.717) is 12.1 Å². The molecule has 2 bridgehead atoms. The molecule has 8 heteroatoms. The zero-order valence-electron chi connectivity index (χ0n) is 14.1. The molecule has 1 aromatic carbocycles. The Bertz CT molecular complexity index is 800. The maximum atomic E-state index is 13.0. The number of cyclic esters (lactones) is 2. The van der Waals surface area contributed by atoms with Gasteiger partial charge in [0, 0.05) is 23.2 Å². The summed E-state index contributed by atoms with van der Waals surface area (Å²) in [5, 5.41) is 13.3. The van der Waals surface area contributed by atoms with Crippen molar-refractivity contribution < 1.29 is 24.0 Å². The van der Waals surface area contributed by atoms with Crippen LogP contribution in [0.3, 0.4) is 0 Å². The molecule has 2 unspecified atom stereocenters. The summed E-state index contributed by atoms with van der Waals surface area (Å²) in [6.45, 7) is 5.17. The average Bonchev–Trinajstić information content (AvgIpc) is 2.69. The van der Waals surface area contributed by atoms with Crippen LogP contribution < -0.4 is 5.32 Å². The summed E-state index contributed by atoms with van der Waals surface area (Å²) in [5.74, 6) is -2.00. The van der Waals surface area contributed by atoms with E-state index >= 15 is 0 Å². The van der Waals surface area contributed by atoms with Gasteiger partial charge in [-0.05, 0) is 31.9 Å². The fourth-order valence-corrected chi connectivity index (χ4v) is 3.93. The summed E-state index contributed by atoms with van der Waals surface area (Å²) < 4.78 is 4.90. The predicted octanol–water partition coefficient (Wildman–Crippen LogP) is 2.43. The zero-order valence-corrected chi connectivity index (χ0v) is 14.1. The van der Waals surface area contributed by atoms with Crippen LogP contribution in [0.5, 0.6) is 0 Å². The molecule has 1 amide bonds. The number of hydrogen-bond donors (Lipinski definition) is 1. The standard InChI is InChI=1S/C17H18N2O6/c1-15(2)16(3)8-9-17(15,14(22)25-13(16)21)12(20)18-10-4-6-11(7-5-10)19(23)24/h4-7H,8-9H2,1-3H3,(H,18,20). The average molecular weight is 346 g/mol. The Hall–Kier alpha value is -2.77. The largest absolute Gasteiger partial charge is 0.392 e. The van der Waals surface area contributed by atoms with Gasteiger partial charge in [0.05, 0.1) is 10.3 Å². The van der Waals surface area contributed by atoms with Gasteiger partial charge in [-0.25, -0.2) is 0 Å². The van der Waals surface area contributed by atoms with Crippen LogP contribution in [0.4, 0.5) is 11.4 Å². The van der Waals surface area contributed by atoms with Crippen LogP contribution in [0.25, 0.3) is 0 Å². The quantitative estimate of drug-likeness (QED) is 0.389. The molecule has 1 aliphatic carbocycles. The number of nitro benzene ring substituents is 1. The zero-order chi connectivity index (χ0) is 18.6. The van der Waals surface area contributed by atoms with Gasteiger partial charge < -0.3 is 10.1 Å². The Balaban J connectivity index is 1.94. The molecule has 0 aromatic heterocycles. The normalized spacial score (nSPS) is 29.9. The molecule has 8 nitrogen and oxygen atoms in total. The Labute approximate surface area is 143 Å². The SMILES string of the molecule is CC12CCC(C(=O)Nc3ccc([N+](=O)[O-])cc3)(C(=O)OC1=O)C2(C)C. The molecule has 2 atom stereocenters. The Morgan fingerprint density at radius 2 is 1.72 bits per heavy atom. The van der Waals surface area contributed by atoms with Gasteiger partial charge in [0.1, 0.15) is 0 Å². The van der Waals surface area contributed by atoms with Gasteiger partial charge in [-0.15, -0.1) is 0 Å². The minimum absolute atomic E-state index is 0.104. The van der Waals surface area contributed by atoms with Crippen molar-refractivity contribution in [2.75, 3.05) is 5.32 Å². The van der Waals surface area contributed by atoms with Crippen molar-refractivity contribution in [2.24, 2.45) is 16.2 Å². The van der Waals surface area contributed by atoms with Crippen LogP contribution in [-0.4, -0.2) is 22.8 Å². The van der Waals surface area contributed by atoms with Gasteiger partial charge >= 0.3 is 11.9 Å². The number of hydrogen-bond acceptors (Lipinski definition) is 6. The smallest absolute Gasteiger partial charge is 0.329 e. The molecule has 25 heavy (non-hydrogen) atoms. The van der Waals surface area contributed by atoms with Crippen molar-refractivity contribution in [3.8, 4) is 0 Å². The minimum Gasteiger partial charge on any atom is -0.392 e. The van der Waals surface area contributed by atoms with Crippen LogP contribution in [0.1, 0.15) is 33.6 Å². The Morgan fingerprint density at radius 3 is 2.28 bits per heavy atom. The van der Waals surface area contributed by atoms with Gasteiger partial charge in [-0.2, -0.15) is 0 Å². The van der Waals surface area contributed by atoms with Crippen molar-refractivity contribution in [2.45, 2.75) is 33.6 Å². The summed E-state index contributed by atoms with van der Waals surface area (Å²) in [4.78, 5) is 47.9. The number of nitrogens with zero attached hydrogens (tertiary/aromatic N) is 1. The predicted molar refractivity (Wildman–Crippen MR) is 86.4 cm³/mol. The number of amides is 1. The van der Waals surface area contributed by atoms with E-state index in [2.05, 4.69) is 5.32 Å². The van der Waals surface area contributed by atoms with E-state index in [0.717, 1.165) is 0 Å². The summed E-state index contributed by atoms with van der Waals surface area (Å²) in [7, 11) is 0. The summed E-state index contributed by atoms with van der Waals surface area (Å²) in [6.07, 6.45) is 0.581. The lowest BCUT2D eigenvalue weighted by Gasteiger charge is -2.48. The van der Waals surface area contributed by atoms with Crippen molar-refractivity contribution in [1.29, 1.82) is 0 Å². The van der Waals surface area contributed by atoms with Crippen molar-refractivity contribution in [3.05, 3.63) is 34.4 Å². The van der Waals surface area contributed by atoms with Gasteiger partial charge in [-0.3, -0.25) is 24.5 Å². The van der Waals surface area contributed by atoms with Gasteiger partial charge in [-0.1, -0.05) is 13.8 Å². The molecule has 1 heterocycles. The molecule has 1 aliphatic heterocycles. The first-order chi connectivity index (χ1) is 11.6. The number of benzene rings is 1. The number of nitro groups is 1. The molecule has 132 valence electrons. The molecular weight excluding hydrogens is 328 g/mol. The third-order valence-electron chi connectivity index (χ3n) is 6.15. The third-order valence-corrected chi connectivity index (χ3v) is 6.15. The lowest BCUT2D eigenvalue weighted by atomic mass is 9.57. The highest BCUT2D eigenvalue weighted by molar-refractivity contribution is 6.15. The lowest BCUT2D eigenvalue weighted by Crippen LogP contribution is -2.60. The fraction of sp³-hybridized carbons (Fsp3) is 0.471. The molecule has 2 aliphatic rings. The number of nitrogens with one attached hydrogen (secondary N) is 1. The van der Waals surface area contributed by atoms with E-state index in [1.54, 1.807) is 20.8 Å². The van der Waals surface area contributed by atoms with E-state index in [1.807, 2.05) is 0 Å². The number of carbonyl (C=O) groups is 3. The highest BCUT2D eigenvalue weighted by Gasteiger charge is 2.75. The summed E-state index contributed by atoms with van der Waals surface area (Å²) in [5.41, 5.74) is -3.09. The van der Waals surface area contributed by atoms with Crippen LogP contribution >= 0.6 is 0 Å². The maximum absolute atomic E-state index is 13.0. The van der Waals surface area contributed by atoms with E-state index in [-0.39, 0.29) is 12.1 Å². The van der Waals surface area contributed by atoms with Crippen LogP contribution in [0.15, 0.2) is 24.3 Å². The number of fused-ring (bicyclic) bond motifs is 2. The first kappa shape index (κ1) is 17.1. The molecule has 0 spiro atoms. The topological polar surface area (TPSA) is 116 Å². The molecule has 1 aromatic rings. The summed E-state index contributed by atoms with van der Waals surface area (Å²) >= 11 is 0. The number of ether oxygens (including phenoxy) is 1. The molecule has 3 rings (SSSR count). The van der Waals surface area contributed by atoms with Crippen LogP contribution in [0, 0.1) is 26.4 Å². The molecule has 0 radical (unpaired) electrons. The van der Waals surface area contributed by atoms with Crippen LogP contribution in [-0.2, 0) is 19.1 Å². The maximum Gasteiger partial charge on any atom is 0.329 e. The second-order valence-corrected chi connectivity index (χ2v) is 7.30. The molecule has 1 saturated carbocycles. The third kappa shape index (κ3) is 2.03. The first-order valence-electron chi connectivity index (χ1n) is 7.89.